The SMILES string of the molecule is COc1cc(/C=C2\SC(=O)N(Cc3ccccc3F)C2=O)cc(Cl)c1OCC(=O)Nc1ccccc1Cl. The number of benzene rings is 3. The zero-order chi connectivity index (χ0) is 26.5. The van der Waals surface area contributed by atoms with Gasteiger partial charge in [-0.25, -0.2) is 4.39 Å². The van der Waals surface area contributed by atoms with E-state index in [0.717, 1.165) is 16.7 Å². The molecule has 1 saturated heterocycles. The molecule has 0 radical (unpaired) electrons. The lowest BCUT2D eigenvalue weighted by Crippen LogP contribution is -2.27. The predicted octanol–water partition coefficient (Wildman–Crippen LogP) is 6.40. The van der Waals surface area contributed by atoms with E-state index in [0.29, 0.717) is 16.3 Å². The average Bonchev–Trinajstić information content (AvgIpc) is 3.13. The molecule has 0 aliphatic carbocycles. The molecule has 4 rings (SSSR count). The van der Waals surface area contributed by atoms with Gasteiger partial charge in [0.25, 0.3) is 17.1 Å². The molecular weight excluding hydrogens is 542 g/mol. The molecule has 0 aromatic heterocycles. The molecule has 1 heterocycles. The highest BCUT2D eigenvalue weighted by Gasteiger charge is 2.35. The number of thioether (sulfide) groups is 1. The quantitative estimate of drug-likeness (QED) is 0.321. The van der Waals surface area contributed by atoms with Crippen molar-refractivity contribution in [3.05, 3.63) is 92.6 Å². The first-order valence-electron chi connectivity index (χ1n) is 10.8. The maximum absolute atomic E-state index is 14.0. The molecule has 1 aliphatic heterocycles. The summed E-state index contributed by atoms with van der Waals surface area (Å²) < 4.78 is 25.0. The van der Waals surface area contributed by atoms with E-state index in [-0.39, 0.29) is 40.1 Å². The van der Waals surface area contributed by atoms with Crippen molar-refractivity contribution in [3.63, 3.8) is 0 Å². The van der Waals surface area contributed by atoms with Crippen LogP contribution in [-0.4, -0.2) is 35.7 Å². The Morgan fingerprint density at radius 3 is 2.54 bits per heavy atom. The Morgan fingerprint density at radius 2 is 1.81 bits per heavy atom. The minimum atomic E-state index is -0.551. The van der Waals surface area contributed by atoms with Gasteiger partial charge in [0.05, 0.1) is 34.3 Å². The number of carbonyl (C=O) groups is 3. The molecule has 0 saturated carbocycles. The highest BCUT2D eigenvalue weighted by atomic mass is 35.5. The number of rotatable bonds is 8. The van der Waals surface area contributed by atoms with Crippen molar-refractivity contribution in [2.45, 2.75) is 6.54 Å². The van der Waals surface area contributed by atoms with Crippen LogP contribution in [0.4, 0.5) is 14.9 Å². The van der Waals surface area contributed by atoms with Gasteiger partial charge in [0, 0.05) is 5.56 Å². The normalized spacial score (nSPS) is 14.3. The lowest BCUT2D eigenvalue weighted by atomic mass is 10.1. The van der Waals surface area contributed by atoms with Gasteiger partial charge in [0.15, 0.2) is 18.1 Å². The second kappa shape index (κ2) is 11.7. The third-order valence-corrected chi connectivity index (χ3v) is 6.72. The Morgan fingerprint density at radius 1 is 1.08 bits per heavy atom. The minimum Gasteiger partial charge on any atom is -0.493 e. The molecule has 0 bridgehead atoms. The number of hydrogen-bond donors (Lipinski definition) is 1. The van der Waals surface area contributed by atoms with Crippen molar-refractivity contribution in [2.24, 2.45) is 0 Å². The van der Waals surface area contributed by atoms with Crippen LogP contribution in [0.2, 0.25) is 10.0 Å². The smallest absolute Gasteiger partial charge is 0.293 e. The van der Waals surface area contributed by atoms with E-state index < -0.39 is 22.9 Å². The zero-order valence-corrected chi connectivity index (χ0v) is 21.6. The van der Waals surface area contributed by atoms with Gasteiger partial charge in [-0.05, 0) is 53.7 Å². The maximum Gasteiger partial charge on any atom is 0.293 e. The number of para-hydroxylation sites is 1. The van der Waals surface area contributed by atoms with Crippen LogP contribution in [0.3, 0.4) is 0 Å². The molecule has 3 aromatic rings. The van der Waals surface area contributed by atoms with Crippen molar-refractivity contribution in [3.8, 4) is 11.5 Å². The van der Waals surface area contributed by atoms with Gasteiger partial charge < -0.3 is 14.8 Å². The van der Waals surface area contributed by atoms with Crippen molar-refractivity contribution < 1.29 is 28.2 Å². The third-order valence-electron chi connectivity index (χ3n) is 5.20. The molecule has 7 nitrogen and oxygen atoms in total. The molecule has 1 fully saturated rings. The number of halogens is 3. The number of nitrogens with one attached hydrogen (secondary N) is 1. The molecule has 0 unspecified atom stereocenters. The van der Waals surface area contributed by atoms with Crippen LogP contribution in [0.1, 0.15) is 11.1 Å². The monoisotopic (exact) mass is 560 g/mol. The molecule has 3 amide bonds. The average molecular weight is 561 g/mol. The largest absolute Gasteiger partial charge is 0.493 e. The van der Waals surface area contributed by atoms with E-state index in [1.807, 2.05) is 0 Å². The summed E-state index contributed by atoms with van der Waals surface area (Å²) in [6.45, 7) is -0.544. The first-order chi connectivity index (χ1) is 17.8. The lowest BCUT2D eigenvalue weighted by molar-refractivity contribution is -0.123. The lowest BCUT2D eigenvalue weighted by Gasteiger charge is -2.14. The zero-order valence-electron chi connectivity index (χ0n) is 19.3. The Balaban J connectivity index is 1.48. The van der Waals surface area contributed by atoms with E-state index >= 15 is 0 Å². The fraction of sp³-hybridized carbons (Fsp3) is 0.115. The van der Waals surface area contributed by atoms with Crippen LogP contribution < -0.4 is 14.8 Å². The molecule has 1 aliphatic rings. The number of methoxy groups -OCH3 is 1. The highest BCUT2D eigenvalue weighted by Crippen LogP contribution is 2.39. The van der Waals surface area contributed by atoms with Crippen LogP contribution in [0.15, 0.2) is 65.6 Å². The second-order valence-corrected chi connectivity index (χ2v) is 9.52. The molecule has 3 aromatic carbocycles. The molecule has 190 valence electrons. The maximum atomic E-state index is 14.0. The first-order valence-corrected chi connectivity index (χ1v) is 12.4. The van der Waals surface area contributed by atoms with E-state index in [1.165, 1.54) is 37.5 Å². The fourth-order valence-corrected chi connectivity index (χ4v) is 4.73. The number of ether oxygens (including phenoxy) is 2. The molecule has 0 atom stereocenters. The van der Waals surface area contributed by atoms with Gasteiger partial charge in [0.1, 0.15) is 5.82 Å². The van der Waals surface area contributed by atoms with Crippen molar-refractivity contribution in [2.75, 3.05) is 19.0 Å². The predicted molar refractivity (Wildman–Crippen MR) is 141 cm³/mol. The summed E-state index contributed by atoms with van der Waals surface area (Å²) in [5.74, 6) is -1.17. The summed E-state index contributed by atoms with van der Waals surface area (Å²) >= 11 is 13.2. The topological polar surface area (TPSA) is 84.9 Å². The summed E-state index contributed by atoms with van der Waals surface area (Å²) in [6, 6.07) is 15.8. The Kier molecular flexibility index (Phi) is 8.38. The van der Waals surface area contributed by atoms with Gasteiger partial charge in [-0.1, -0.05) is 53.5 Å². The number of imide groups is 1. The van der Waals surface area contributed by atoms with E-state index in [9.17, 15) is 18.8 Å². The number of anilines is 1. The van der Waals surface area contributed by atoms with E-state index in [4.69, 9.17) is 32.7 Å². The Bertz CT molecular complexity index is 1420. The van der Waals surface area contributed by atoms with Crippen LogP contribution in [0, 0.1) is 5.82 Å². The molecular formula is C26H19Cl2FN2O5S. The molecule has 11 heteroatoms. The van der Waals surface area contributed by atoms with E-state index in [1.54, 1.807) is 36.4 Å². The summed E-state index contributed by atoms with van der Waals surface area (Å²) in [6.07, 6.45) is 1.48. The second-order valence-electron chi connectivity index (χ2n) is 7.71. The summed E-state index contributed by atoms with van der Waals surface area (Å²) in [7, 11) is 1.40. The van der Waals surface area contributed by atoms with Gasteiger partial charge >= 0.3 is 0 Å². The van der Waals surface area contributed by atoms with Crippen LogP contribution in [0.25, 0.3) is 6.08 Å². The van der Waals surface area contributed by atoms with Crippen molar-refractivity contribution in [1.29, 1.82) is 0 Å². The molecule has 0 spiro atoms. The number of hydrogen-bond acceptors (Lipinski definition) is 6. The fourth-order valence-electron chi connectivity index (χ4n) is 3.43. The van der Waals surface area contributed by atoms with Gasteiger partial charge in [-0.3, -0.25) is 19.3 Å². The Hall–Kier alpha value is -3.53. The van der Waals surface area contributed by atoms with Gasteiger partial charge in [-0.15, -0.1) is 0 Å². The van der Waals surface area contributed by atoms with Crippen molar-refractivity contribution >= 4 is 63.8 Å². The van der Waals surface area contributed by atoms with Crippen LogP contribution >= 0.6 is 35.0 Å². The van der Waals surface area contributed by atoms with Crippen LogP contribution in [0.5, 0.6) is 11.5 Å². The molecule has 1 N–H and O–H groups in total. The standard InChI is InChI=1S/C26H19Cl2FN2O5S/c1-35-21-11-15(10-18(28)24(21)36-14-23(32)30-20-9-5-3-7-17(20)27)12-22-25(33)31(26(34)37-22)13-16-6-2-4-8-19(16)29/h2-12H,13-14H2,1H3,(H,30,32)/b22-12-. The summed E-state index contributed by atoms with van der Waals surface area (Å²) in [5, 5.41) is 2.64. The molecule has 37 heavy (non-hydrogen) atoms. The van der Waals surface area contributed by atoms with Gasteiger partial charge in [-0.2, -0.15) is 0 Å². The highest BCUT2D eigenvalue weighted by molar-refractivity contribution is 8.18. The summed E-state index contributed by atoms with van der Waals surface area (Å²) in [4.78, 5) is 38.7. The summed E-state index contributed by atoms with van der Waals surface area (Å²) in [5.41, 5.74) is 1.14. The van der Waals surface area contributed by atoms with Gasteiger partial charge in [0.2, 0.25) is 0 Å². The third kappa shape index (κ3) is 6.25. The van der Waals surface area contributed by atoms with Crippen LogP contribution in [-0.2, 0) is 16.1 Å². The van der Waals surface area contributed by atoms with E-state index in [2.05, 4.69) is 5.32 Å². The number of amides is 3. The minimum absolute atomic E-state index is 0.127. The number of nitrogens with zero attached hydrogens (tertiary/aromatic N) is 1. The number of carbonyl (C=O) groups excluding carboxylic acids is 3. The Labute approximate surface area is 226 Å². The first kappa shape index (κ1) is 26.5. The van der Waals surface area contributed by atoms with Crippen molar-refractivity contribution in [1.82, 2.24) is 4.90 Å².